The van der Waals surface area contributed by atoms with Crippen LogP contribution in [0, 0.1) is 0 Å². The van der Waals surface area contributed by atoms with E-state index in [0.29, 0.717) is 27.6 Å². The minimum absolute atomic E-state index is 0.0713. The van der Waals surface area contributed by atoms with Crippen LogP contribution in [0.15, 0.2) is 52.9 Å². The zero-order valence-corrected chi connectivity index (χ0v) is 17.1. The molecule has 0 saturated carbocycles. The van der Waals surface area contributed by atoms with E-state index in [1.165, 1.54) is 7.11 Å². The number of hydrogen-bond donors (Lipinski definition) is 1. The molecule has 0 spiro atoms. The standard InChI is InChI=1S/C20H21Cl2NO4/c1-10(2)9-27-20(25)16-12(4)23-11(3)15(19(24)26-5)17(16)13-7-6-8-14(21)18(13)22/h6-8,17,23H,1,9H2,2-5H3. The number of halogens is 2. The molecule has 1 heterocycles. The van der Waals surface area contributed by atoms with Gasteiger partial charge in [-0.2, -0.15) is 0 Å². The molecule has 27 heavy (non-hydrogen) atoms. The van der Waals surface area contributed by atoms with Crippen LogP contribution in [0.1, 0.15) is 32.3 Å². The summed E-state index contributed by atoms with van der Waals surface area (Å²) in [6, 6.07) is 5.07. The maximum Gasteiger partial charge on any atom is 0.337 e. The third-order valence-corrected chi connectivity index (χ3v) is 4.96. The van der Waals surface area contributed by atoms with Crippen molar-refractivity contribution in [2.75, 3.05) is 13.7 Å². The van der Waals surface area contributed by atoms with Gasteiger partial charge in [-0.1, -0.05) is 41.9 Å². The van der Waals surface area contributed by atoms with Gasteiger partial charge in [-0.15, -0.1) is 0 Å². The van der Waals surface area contributed by atoms with Gasteiger partial charge in [0, 0.05) is 11.4 Å². The van der Waals surface area contributed by atoms with Crippen molar-refractivity contribution in [3.05, 3.63) is 68.5 Å². The van der Waals surface area contributed by atoms with Crippen LogP contribution in [0.25, 0.3) is 0 Å². The topological polar surface area (TPSA) is 64.6 Å². The number of methoxy groups -OCH3 is 1. The van der Waals surface area contributed by atoms with Gasteiger partial charge in [-0.3, -0.25) is 0 Å². The van der Waals surface area contributed by atoms with Crippen LogP contribution in [0.4, 0.5) is 0 Å². The first-order chi connectivity index (χ1) is 12.7. The number of nitrogens with one attached hydrogen (secondary N) is 1. The Morgan fingerprint density at radius 3 is 2.30 bits per heavy atom. The molecule has 1 aliphatic rings. The Balaban J connectivity index is 2.67. The van der Waals surface area contributed by atoms with Crippen molar-refractivity contribution in [2.45, 2.75) is 26.7 Å². The minimum Gasteiger partial charge on any atom is -0.466 e. The lowest BCUT2D eigenvalue weighted by Gasteiger charge is -2.30. The van der Waals surface area contributed by atoms with E-state index in [0.717, 1.165) is 0 Å². The molecule has 1 aromatic carbocycles. The summed E-state index contributed by atoms with van der Waals surface area (Å²) >= 11 is 12.6. The minimum atomic E-state index is -0.775. The molecular weight excluding hydrogens is 389 g/mol. The monoisotopic (exact) mass is 409 g/mol. The quantitative estimate of drug-likeness (QED) is 0.571. The van der Waals surface area contributed by atoms with E-state index < -0.39 is 17.9 Å². The van der Waals surface area contributed by atoms with Gasteiger partial charge in [0.05, 0.1) is 34.2 Å². The lowest BCUT2D eigenvalue weighted by molar-refractivity contribution is -0.138. The van der Waals surface area contributed by atoms with E-state index in [4.69, 9.17) is 32.7 Å². The largest absolute Gasteiger partial charge is 0.466 e. The van der Waals surface area contributed by atoms with Crippen LogP contribution in [-0.2, 0) is 19.1 Å². The number of esters is 2. The summed E-state index contributed by atoms with van der Waals surface area (Å²) in [6.45, 7) is 9.03. The van der Waals surface area contributed by atoms with Gasteiger partial charge in [0.25, 0.3) is 0 Å². The lowest BCUT2D eigenvalue weighted by atomic mass is 9.80. The van der Waals surface area contributed by atoms with Gasteiger partial charge in [-0.25, -0.2) is 9.59 Å². The fourth-order valence-electron chi connectivity index (χ4n) is 2.97. The van der Waals surface area contributed by atoms with E-state index in [-0.39, 0.29) is 22.8 Å². The Kier molecular flexibility index (Phi) is 6.73. The lowest BCUT2D eigenvalue weighted by Crippen LogP contribution is -2.32. The van der Waals surface area contributed by atoms with E-state index in [9.17, 15) is 9.59 Å². The Bertz CT molecular complexity index is 871. The van der Waals surface area contributed by atoms with Crippen molar-refractivity contribution in [1.29, 1.82) is 0 Å². The summed E-state index contributed by atoms with van der Waals surface area (Å²) in [4.78, 5) is 25.4. The molecule has 0 radical (unpaired) electrons. The zero-order valence-electron chi connectivity index (χ0n) is 15.6. The molecule has 144 valence electrons. The summed E-state index contributed by atoms with van der Waals surface area (Å²) in [5.74, 6) is -1.92. The summed E-state index contributed by atoms with van der Waals surface area (Å²) in [5, 5.41) is 3.64. The molecule has 1 unspecified atom stereocenters. The number of allylic oxidation sites excluding steroid dienone is 2. The Hall–Kier alpha value is -2.24. The second-order valence-electron chi connectivity index (χ2n) is 6.30. The molecular formula is C20H21Cl2NO4. The van der Waals surface area contributed by atoms with Crippen molar-refractivity contribution in [1.82, 2.24) is 5.32 Å². The van der Waals surface area contributed by atoms with Crippen LogP contribution in [0.3, 0.4) is 0 Å². The van der Waals surface area contributed by atoms with Crippen LogP contribution >= 0.6 is 23.2 Å². The summed E-state index contributed by atoms with van der Waals surface area (Å²) in [5.41, 5.74) is 2.89. The number of carbonyl (C=O) groups is 2. The van der Waals surface area contributed by atoms with Crippen LogP contribution in [0.5, 0.6) is 0 Å². The number of rotatable bonds is 5. The molecule has 1 N–H and O–H groups in total. The predicted molar refractivity (Wildman–Crippen MR) is 106 cm³/mol. The number of carbonyl (C=O) groups excluding carboxylic acids is 2. The van der Waals surface area contributed by atoms with Gasteiger partial charge in [-0.05, 0) is 38.0 Å². The molecule has 7 heteroatoms. The fraction of sp³-hybridized carbons (Fsp3) is 0.300. The Morgan fingerprint density at radius 1 is 1.15 bits per heavy atom. The van der Waals surface area contributed by atoms with E-state index >= 15 is 0 Å². The smallest absolute Gasteiger partial charge is 0.337 e. The number of hydrogen-bond acceptors (Lipinski definition) is 5. The van der Waals surface area contributed by atoms with Crippen LogP contribution in [-0.4, -0.2) is 25.7 Å². The summed E-state index contributed by atoms with van der Waals surface area (Å²) in [7, 11) is 1.28. The molecule has 5 nitrogen and oxygen atoms in total. The SMILES string of the molecule is C=C(C)COC(=O)C1=C(C)NC(C)=C(C(=O)OC)C1c1cccc(Cl)c1Cl. The van der Waals surface area contributed by atoms with Gasteiger partial charge in [0.2, 0.25) is 0 Å². The molecule has 1 aliphatic heterocycles. The Morgan fingerprint density at radius 2 is 1.74 bits per heavy atom. The summed E-state index contributed by atoms with van der Waals surface area (Å²) in [6.07, 6.45) is 0. The van der Waals surface area contributed by atoms with Crippen molar-refractivity contribution in [3.63, 3.8) is 0 Å². The van der Waals surface area contributed by atoms with Crippen molar-refractivity contribution < 1.29 is 19.1 Å². The molecule has 0 bridgehead atoms. The van der Waals surface area contributed by atoms with Gasteiger partial charge in [0.15, 0.2) is 0 Å². The first-order valence-electron chi connectivity index (χ1n) is 8.21. The van der Waals surface area contributed by atoms with Crippen molar-refractivity contribution in [2.24, 2.45) is 0 Å². The highest BCUT2D eigenvalue weighted by atomic mass is 35.5. The van der Waals surface area contributed by atoms with Gasteiger partial charge < -0.3 is 14.8 Å². The van der Waals surface area contributed by atoms with E-state index in [1.54, 1.807) is 39.0 Å². The highest BCUT2D eigenvalue weighted by Gasteiger charge is 2.39. The first kappa shape index (κ1) is 21.1. The summed E-state index contributed by atoms with van der Waals surface area (Å²) < 4.78 is 10.3. The normalized spacial score (nSPS) is 16.7. The third-order valence-electron chi connectivity index (χ3n) is 4.13. The predicted octanol–water partition coefficient (Wildman–Crippen LogP) is 4.52. The van der Waals surface area contributed by atoms with E-state index in [2.05, 4.69) is 11.9 Å². The molecule has 1 atom stereocenters. The highest BCUT2D eigenvalue weighted by Crippen LogP contribution is 2.43. The molecule has 0 aromatic heterocycles. The van der Waals surface area contributed by atoms with Gasteiger partial charge >= 0.3 is 11.9 Å². The number of ether oxygens (including phenoxy) is 2. The Labute approximate surface area is 168 Å². The van der Waals surface area contributed by atoms with Crippen LogP contribution in [0.2, 0.25) is 10.0 Å². The fourth-order valence-corrected chi connectivity index (χ4v) is 3.38. The average molecular weight is 410 g/mol. The first-order valence-corrected chi connectivity index (χ1v) is 8.96. The molecule has 0 saturated heterocycles. The molecule has 1 aromatic rings. The molecule has 0 amide bonds. The van der Waals surface area contributed by atoms with Crippen LogP contribution < -0.4 is 5.32 Å². The molecule has 0 aliphatic carbocycles. The van der Waals surface area contributed by atoms with Gasteiger partial charge in [0.1, 0.15) is 6.61 Å². The zero-order chi connectivity index (χ0) is 20.3. The molecule has 0 fully saturated rings. The third kappa shape index (κ3) is 4.37. The number of dihydropyridines is 1. The van der Waals surface area contributed by atoms with Crippen molar-refractivity contribution in [3.8, 4) is 0 Å². The van der Waals surface area contributed by atoms with Crippen molar-refractivity contribution >= 4 is 35.1 Å². The van der Waals surface area contributed by atoms with E-state index in [1.807, 2.05) is 0 Å². The second-order valence-corrected chi connectivity index (χ2v) is 7.09. The second kappa shape index (κ2) is 8.63. The maximum absolute atomic E-state index is 12.8. The average Bonchev–Trinajstić information content (AvgIpc) is 2.60. The maximum atomic E-state index is 12.8. The molecule has 2 rings (SSSR count). The number of benzene rings is 1. The highest BCUT2D eigenvalue weighted by molar-refractivity contribution is 6.42.